The normalized spacial score (nSPS) is 12.6. The fourth-order valence-electron chi connectivity index (χ4n) is 6.36. The zero-order chi connectivity index (χ0) is 49.5. The molecule has 1 heterocycles. The molecule has 0 spiro atoms. The fraction of sp³-hybridized carbons (Fsp3) is 0.0833. The molecule has 0 unspecified atom stereocenters. The largest absolute Gasteiger partial charge is 0.507 e. The van der Waals surface area contributed by atoms with Crippen molar-refractivity contribution in [3.8, 4) is 17.4 Å². The second kappa shape index (κ2) is 18.5. The number of nitrogens with two attached hydrogens (primary N) is 1. The predicted molar refractivity (Wildman–Crippen MR) is 229 cm³/mol. The summed E-state index contributed by atoms with van der Waals surface area (Å²) in [6.45, 7) is 2.63. The van der Waals surface area contributed by atoms with Crippen molar-refractivity contribution < 1.29 is 83.6 Å². The molecule has 350 valence electrons. The summed E-state index contributed by atoms with van der Waals surface area (Å²) in [6.07, 6.45) is 0. The number of amides is 1. The molecule has 10 N–H and O–H groups in total. The molecule has 27 nitrogen and oxygen atoms in total. The van der Waals surface area contributed by atoms with Crippen LogP contribution in [-0.2, 0) is 46.3 Å². The summed E-state index contributed by atoms with van der Waals surface area (Å²) in [5.74, 6) is -5.71. The topological polar surface area (TPSA) is 439 Å². The van der Waals surface area contributed by atoms with Crippen LogP contribution in [0.3, 0.4) is 0 Å². The molecule has 0 saturated carbocycles. The highest BCUT2D eigenvalue weighted by Gasteiger charge is 2.27. The van der Waals surface area contributed by atoms with Crippen molar-refractivity contribution in [2.45, 2.75) is 40.0 Å². The van der Waals surface area contributed by atoms with Crippen LogP contribution < -0.4 is 11.3 Å². The molecule has 67 heavy (non-hydrogen) atoms. The lowest BCUT2D eigenvalue weighted by atomic mass is 10.1. The Bertz CT molecular complexity index is 3620. The number of fused-ring (bicyclic) bond motifs is 2. The number of phenolic OH excluding ortho intramolecular Hbond substituents is 2. The number of carbonyl (C=O) groups excluding carboxylic acids is 1. The first-order valence-corrected chi connectivity index (χ1v) is 22.9. The Hall–Kier alpha value is -7.33. The molecule has 6 aromatic rings. The number of carbonyl (C=O) groups is 2. The average Bonchev–Trinajstić information content (AvgIpc) is 3.23. The number of primary amides is 1. The van der Waals surface area contributed by atoms with Crippen molar-refractivity contribution in [1.29, 1.82) is 0 Å². The number of aromatic nitrogens is 1. The summed E-state index contributed by atoms with van der Waals surface area (Å²) < 4.78 is 108. The van der Waals surface area contributed by atoms with Crippen LogP contribution in [0.15, 0.2) is 116 Å². The SMILES string of the molecule is CCn1c(O)c(/N=N/c2cc(SOOO)cc3cc(S(=O)(=O)O)c(/N=N/c4ccc(/N=N/c5c(S(=O)(=O)O)cc6cc(S(=O)(=O)O)cc(O)c6c5O)c(C(=O)O)c4)cc23)c(C)c(C(N)=O)c1=O. The first-order valence-electron chi connectivity index (χ1n) is 17.9. The highest BCUT2D eigenvalue weighted by atomic mass is 32.2. The van der Waals surface area contributed by atoms with Crippen molar-refractivity contribution in [3.05, 3.63) is 87.7 Å². The maximum absolute atomic E-state index is 12.8. The molecule has 1 amide bonds. The van der Waals surface area contributed by atoms with Crippen LogP contribution in [-0.4, -0.2) is 81.0 Å². The Morgan fingerprint density at radius 2 is 1.37 bits per heavy atom. The van der Waals surface area contributed by atoms with Gasteiger partial charge in [0.25, 0.3) is 41.8 Å². The number of aromatic hydroxyl groups is 3. The van der Waals surface area contributed by atoms with Gasteiger partial charge < -0.3 is 26.2 Å². The van der Waals surface area contributed by atoms with Gasteiger partial charge in [-0.2, -0.15) is 30.4 Å². The van der Waals surface area contributed by atoms with Crippen LogP contribution >= 0.6 is 12.0 Å². The van der Waals surface area contributed by atoms with E-state index in [0.717, 1.165) is 34.9 Å². The minimum Gasteiger partial charge on any atom is -0.507 e. The summed E-state index contributed by atoms with van der Waals surface area (Å²) in [5, 5.41) is 76.8. The van der Waals surface area contributed by atoms with Gasteiger partial charge in [-0.1, -0.05) is 5.04 Å². The Balaban J connectivity index is 1.47. The molecule has 1 aromatic heterocycles. The molecule has 6 rings (SSSR count). The van der Waals surface area contributed by atoms with Crippen LogP contribution in [0.25, 0.3) is 21.5 Å². The maximum atomic E-state index is 12.8. The average molecular weight is 1000 g/mol. The maximum Gasteiger partial charge on any atom is 0.338 e. The van der Waals surface area contributed by atoms with Gasteiger partial charge in [0.15, 0.2) is 5.75 Å². The number of benzene rings is 5. The van der Waals surface area contributed by atoms with Gasteiger partial charge >= 0.3 is 5.97 Å². The Labute approximate surface area is 378 Å². The molecule has 0 atom stereocenters. The third kappa shape index (κ3) is 10.1. The van der Waals surface area contributed by atoms with E-state index in [4.69, 9.17) is 11.0 Å². The third-order valence-electron chi connectivity index (χ3n) is 9.32. The summed E-state index contributed by atoms with van der Waals surface area (Å²) in [5.41, 5.74) is 0.0895. The second-order valence-electron chi connectivity index (χ2n) is 13.4. The van der Waals surface area contributed by atoms with Crippen LogP contribution in [0.5, 0.6) is 17.4 Å². The minimum absolute atomic E-state index is 0.00540. The molecular weight excluding hydrogens is 977 g/mol. The minimum atomic E-state index is -5.33. The van der Waals surface area contributed by atoms with Crippen molar-refractivity contribution in [3.63, 3.8) is 0 Å². The lowest BCUT2D eigenvalue weighted by molar-refractivity contribution is -0.432. The van der Waals surface area contributed by atoms with Crippen molar-refractivity contribution in [1.82, 2.24) is 4.57 Å². The van der Waals surface area contributed by atoms with Gasteiger partial charge in [-0.05, 0) is 79.2 Å². The number of aromatic carboxylic acids is 1. The van der Waals surface area contributed by atoms with Gasteiger partial charge in [-0.3, -0.25) is 27.8 Å². The molecule has 0 fully saturated rings. The van der Waals surface area contributed by atoms with Crippen LogP contribution in [0, 0.1) is 6.92 Å². The van der Waals surface area contributed by atoms with Crippen molar-refractivity contribution in [2.75, 3.05) is 0 Å². The molecule has 0 aliphatic rings. The standard InChI is InChI=1S/C36H28N8O19S4/c1-3-44-34(48)28(33(37)47)14(2)30(35(44)49)42-40-23-11-18(64-63-62-52)6-15-8-26(66(56,57)58)24(13-20(15)23)41-38-17-4-5-22(21(10-17)36(50)51)39-43-31-27(67(59,60)61)9-16-7-19(65(53,54)55)12-25(45)29(16)32(31)46/h4-13,45-46,49,52H,3H2,1-2H3,(H2,37,47)(H,50,51)(H,53,54,55)(H,56,57,58)(H,59,60,61)/b41-38+,42-40+,43-39+. The fourth-order valence-corrected chi connectivity index (χ4v) is 8.63. The highest BCUT2D eigenvalue weighted by molar-refractivity contribution is 7.94. The first-order chi connectivity index (χ1) is 31.3. The quantitative estimate of drug-likeness (QED) is 0.0168. The monoisotopic (exact) mass is 1000 g/mol. The zero-order valence-electron chi connectivity index (χ0n) is 33.4. The molecule has 31 heteroatoms. The number of phenols is 2. The molecule has 5 aromatic carbocycles. The van der Waals surface area contributed by atoms with E-state index in [0.29, 0.717) is 30.2 Å². The first kappa shape index (κ1) is 49.1. The molecule has 0 aliphatic heterocycles. The van der Waals surface area contributed by atoms with E-state index in [-0.39, 0.29) is 44.8 Å². The number of azo groups is 3. The number of hydrogen-bond acceptors (Lipinski definition) is 22. The Morgan fingerprint density at radius 3 is 1.97 bits per heavy atom. The molecular formula is C36H28N8O19S4. The van der Waals surface area contributed by atoms with Gasteiger partial charge in [0.05, 0.1) is 39.3 Å². The number of rotatable bonds is 15. The van der Waals surface area contributed by atoms with E-state index in [1.54, 1.807) is 0 Å². The summed E-state index contributed by atoms with van der Waals surface area (Å²) in [4.78, 5) is 34.5. The molecule has 0 saturated heterocycles. The van der Waals surface area contributed by atoms with Gasteiger partial charge in [-0.25, -0.2) is 10.1 Å². The molecule has 0 radical (unpaired) electrons. The number of carboxylic acids is 1. The van der Waals surface area contributed by atoms with Gasteiger partial charge in [0.1, 0.15) is 43.9 Å². The molecule has 0 bridgehead atoms. The smallest absolute Gasteiger partial charge is 0.338 e. The number of pyridine rings is 1. The number of hydrogen-bond donors (Lipinski definition) is 9. The number of nitrogens with zero attached hydrogens (tertiary/aromatic N) is 7. The van der Waals surface area contributed by atoms with E-state index in [1.807, 2.05) is 0 Å². The lowest BCUT2D eigenvalue weighted by Crippen LogP contribution is -2.30. The van der Waals surface area contributed by atoms with Crippen LogP contribution in [0.4, 0.5) is 34.1 Å². The predicted octanol–water partition coefficient (Wildman–Crippen LogP) is 6.81. The van der Waals surface area contributed by atoms with Gasteiger partial charge in [0.2, 0.25) is 5.88 Å². The van der Waals surface area contributed by atoms with E-state index in [9.17, 15) is 73.7 Å². The summed E-state index contributed by atoms with van der Waals surface area (Å²) >= 11 is 0.396. The zero-order valence-corrected chi connectivity index (χ0v) is 36.7. The van der Waals surface area contributed by atoms with Gasteiger partial charge in [0, 0.05) is 28.5 Å². The second-order valence-corrected chi connectivity index (χ2v) is 18.4. The third-order valence-corrected chi connectivity index (χ3v) is 12.5. The number of carboxylic acid groups (broad SMARTS) is 1. The summed E-state index contributed by atoms with van der Waals surface area (Å²) in [6, 6.07) is 9.09. The van der Waals surface area contributed by atoms with Gasteiger partial charge in [-0.15, -0.1) is 29.9 Å². The Morgan fingerprint density at radius 1 is 0.746 bits per heavy atom. The van der Waals surface area contributed by atoms with Crippen LogP contribution in [0.1, 0.15) is 33.2 Å². The van der Waals surface area contributed by atoms with Crippen molar-refractivity contribution >= 4 is 110 Å². The lowest BCUT2D eigenvalue weighted by Gasteiger charge is -2.13. The van der Waals surface area contributed by atoms with Crippen LogP contribution in [0.2, 0.25) is 0 Å². The summed E-state index contributed by atoms with van der Waals surface area (Å²) in [7, 11) is -15.4. The Kier molecular flexibility index (Phi) is 13.6. The van der Waals surface area contributed by atoms with E-state index >= 15 is 0 Å². The van der Waals surface area contributed by atoms with E-state index < -0.39 is 119 Å². The van der Waals surface area contributed by atoms with Crippen molar-refractivity contribution in [2.24, 2.45) is 36.4 Å². The molecule has 0 aliphatic carbocycles. The highest BCUT2D eigenvalue weighted by Crippen LogP contribution is 2.46. The van der Waals surface area contributed by atoms with E-state index in [2.05, 4.69) is 40.1 Å². The van der Waals surface area contributed by atoms with E-state index in [1.165, 1.54) is 26.0 Å².